The summed E-state index contributed by atoms with van der Waals surface area (Å²) < 4.78 is 0.0616. The summed E-state index contributed by atoms with van der Waals surface area (Å²) in [6.45, 7) is 13.8. The second-order valence-electron chi connectivity index (χ2n) is 5.64. The van der Waals surface area contributed by atoms with E-state index in [9.17, 15) is 28.8 Å². The van der Waals surface area contributed by atoms with E-state index in [2.05, 4.69) is 19.7 Å². The number of aliphatic carboxylic acids is 3. The van der Waals surface area contributed by atoms with Gasteiger partial charge in [-0.25, -0.2) is 33.3 Å². The van der Waals surface area contributed by atoms with Crippen LogP contribution >= 0.6 is 0 Å². The molecule has 0 saturated carbocycles. The molecule has 15 nitrogen and oxygen atoms in total. The quantitative estimate of drug-likeness (QED) is 0.174. The van der Waals surface area contributed by atoms with Gasteiger partial charge >= 0.3 is 35.0 Å². The largest absolute Gasteiger partial charge is 0.478 e. The number of aliphatic hydroxyl groups is 3. The summed E-state index contributed by atoms with van der Waals surface area (Å²) in [6, 6.07) is 0. The van der Waals surface area contributed by atoms with E-state index in [-0.39, 0.29) is 21.3 Å². The molecular formula is C17H25N3O12. The van der Waals surface area contributed by atoms with Crippen molar-refractivity contribution in [3.8, 4) is 0 Å². The number of nitrogens with zero attached hydrogens (tertiary/aromatic N) is 1. The van der Waals surface area contributed by atoms with Crippen LogP contribution in [0.5, 0.6) is 0 Å². The predicted octanol–water partition coefficient (Wildman–Crippen LogP) is -2.03. The van der Waals surface area contributed by atoms with Crippen molar-refractivity contribution in [3.63, 3.8) is 0 Å². The lowest BCUT2D eigenvalue weighted by molar-refractivity contribution is -0.155. The molecule has 1 heterocycles. The molecular weight excluding hydrogens is 438 g/mol. The third-order valence-electron chi connectivity index (χ3n) is 2.51. The summed E-state index contributed by atoms with van der Waals surface area (Å²) in [5, 5.41) is 49.6. The normalized spacial score (nSPS) is 9.97. The minimum absolute atomic E-state index is 0.0616. The first-order valence-electron chi connectivity index (χ1n) is 8.02. The molecule has 0 aliphatic rings. The number of hydrogen-bond acceptors (Lipinski definition) is 9. The predicted molar refractivity (Wildman–Crippen MR) is 109 cm³/mol. The zero-order valence-electron chi connectivity index (χ0n) is 17.4. The number of carbonyl (C=O) groups is 3. The molecule has 0 spiro atoms. The fourth-order valence-corrected chi connectivity index (χ4v) is 0.812. The van der Waals surface area contributed by atoms with Gasteiger partial charge in [0.1, 0.15) is 0 Å². The van der Waals surface area contributed by atoms with E-state index >= 15 is 0 Å². The standard InChI is InChI=1S/C5H7N3O6.3C4H6O2/c9-1(2(10)11)8-4(13)6-3(12)7-5(8)14;3*1-3(2)4(5)6/h1-2,9-11H,(H2,6,7,12,13,14);3*1H2,2H3,(H,5,6). The molecule has 1 unspecified atom stereocenters. The Morgan fingerprint density at radius 1 is 0.719 bits per heavy atom. The first kappa shape index (κ1) is 32.6. The second kappa shape index (κ2) is 15.7. The van der Waals surface area contributed by atoms with Crippen LogP contribution in [0.2, 0.25) is 0 Å². The Labute approximate surface area is 179 Å². The lowest BCUT2D eigenvalue weighted by atomic mass is 10.4. The Bertz CT molecular complexity index is 885. The van der Waals surface area contributed by atoms with Gasteiger partial charge in [0.05, 0.1) is 0 Å². The van der Waals surface area contributed by atoms with E-state index in [1.54, 1.807) is 9.97 Å². The summed E-state index contributed by atoms with van der Waals surface area (Å²) in [5.41, 5.74) is -2.99. The van der Waals surface area contributed by atoms with Gasteiger partial charge in [-0.2, -0.15) is 0 Å². The van der Waals surface area contributed by atoms with Crippen LogP contribution in [0.25, 0.3) is 0 Å². The fraction of sp³-hybridized carbons (Fsp3) is 0.294. The topological polar surface area (TPSA) is 260 Å². The number of carboxylic acid groups (broad SMARTS) is 3. The van der Waals surface area contributed by atoms with Crippen LogP contribution in [0.1, 0.15) is 27.0 Å². The number of carboxylic acids is 3. The molecule has 0 aromatic carbocycles. The molecule has 0 bridgehead atoms. The Hall–Kier alpha value is -4.08. The van der Waals surface area contributed by atoms with Crippen LogP contribution < -0.4 is 17.1 Å². The van der Waals surface area contributed by atoms with Crippen molar-refractivity contribution in [2.75, 3.05) is 0 Å². The average Bonchev–Trinajstić information content (AvgIpc) is 2.61. The summed E-state index contributed by atoms with van der Waals surface area (Å²) >= 11 is 0. The molecule has 0 aliphatic heterocycles. The summed E-state index contributed by atoms with van der Waals surface area (Å²) in [6.07, 6.45) is -4.44. The number of H-pyrrole nitrogens is 2. The average molecular weight is 463 g/mol. The van der Waals surface area contributed by atoms with Gasteiger partial charge in [-0.1, -0.05) is 19.7 Å². The Morgan fingerprint density at radius 3 is 1.09 bits per heavy atom. The number of nitrogens with one attached hydrogen (secondary N) is 2. The molecule has 0 aliphatic carbocycles. The molecule has 1 aromatic heterocycles. The Morgan fingerprint density at radius 2 is 0.938 bits per heavy atom. The van der Waals surface area contributed by atoms with Crippen molar-refractivity contribution in [1.82, 2.24) is 14.5 Å². The van der Waals surface area contributed by atoms with Gasteiger partial charge in [-0.05, 0) is 20.8 Å². The minimum atomic E-state index is -2.31. The molecule has 1 atom stereocenters. The summed E-state index contributed by atoms with van der Waals surface area (Å²) in [4.78, 5) is 64.4. The molecule has 32 heavy (non-hydrogen) atoms. The van der Waals surface area contributed by atoms with E-state index < -0.39 is 47.5 Å². The highest BCUT2D eigenvalue weighted by molar-refractivity contribution is 5.85. The van der Waals surface area contributed by atoms with Crippen molar-refractivity contribution in [3.05, 3.63) is 67.9 Å². The number of aromatic amines is 2. The van der Waals surface area contributed by atoms with E-state index in [1.807, 2.05) is 0 Å². The first-order chi connectivity index (χ1) is 14.4. The van der Waals surface area contributed by atoms with Gasteiger partial charge in [0.2, 0.25) is 0 Å². The molecule has 1 aromatic rings. The van der Waals surface area contributed by atoms with Crippen LogP contribution in [-0.4, -0.2) is 69.4 Å². The summed E-state index contributed by atoms with van der Waals surface area (Å²) in [5.74, 6) is -2.81. The van der Waals surface area contributed by atoms with E-state index in [4.69, 9.17) is 30.6 Å². The third-order valence-corrected chi connectivity index (χ3v) is 2.51. The Balaban J connectivity index is -0.000000393. The van der Waals surface area contributed by atoms with Crippen molar-refractivity contribution >= 4 is 17.9 Å². The fourth-order valence-electron chi connectivity index (χ4n) is 0.812. The monoisotopic (exact) mass is 463 g/mol. The van der Waals surface area contributed by atoms with Gasteiger partial charge < -0.3 is 30.6 Å². The molecule has 0 fully saturated rings. The van der Waals surface area contributed by atoms with Gasteiger partial charge in [0, 0.05) is 16.7 Å². The first-order valence-corrected chi connectivity index (χ1v) is 8.02. The van der Waals surface area contributed by atoms with Crippen LogP contribution in [0, 0.1) is 0 Å². The van der Waals surface area contributed by atoms with E-state index in [0.717, 1.165) is 0 Å². The SMILES string of the molecule is C=C(C)C(=O)O.C=C(C)C(=O)O.C=C(C)C(=O)O.O=c1[nH]c(=O)n(C(O)C(O)O)c(=O)[nH]1. The van der Waals surface area contributed by atoms with Crippen LogP contribution in [0.4, 0.5) is 0 Å². The molecule has 180 valence electrons. The molecule has 15 heteroatoms. The smallest absolute Gasteiger partial charge is 0.336 e. The number of aromatic nitrogens is 3. The van der Waals surface area contributed by atoms with Crippen LogP contribution in [0.3, 0.4) is 0 Å². The molecule has 8 N–H and O–H groups in total. The molecule has 0 amide bonds. The number of aliphatic hydroxyl groups excluding tert-OH is 2. The minimum Gasteiger partial charge on any atom is -0.478 e. The van der Waals surface area contributed by atoms with Crippen molar-refractivity contribution in [2.24, 2.45) is 0 Å². The highest BCUT2D eigenvalue weighted by atomic mass is 16.5. The van der Waals surface area contributed by atoms with Crippen molar-refractivity contribution in [1.29, 1.82) is 0 Å². The lowest BCUT2D eigenvalue weighted by Crippen LogP contribution is -2.47. The zero-order chi connectivity index (χ0) is 26.3. The van der Waals surface area contributed by atoms with Gasteiger partial charge in [-0.15, -0.1) is 0 Å². The van der Waals surface area contributed by atoms with E-state index in [1.165, 1.54) is 20.8 Å². The van der Waals surface area contributed by atoms with Crippen molar-refractivity contribution < 1.29 is 45.0 Å². The van der Waals surface area contributed by atoms with Gasteiger partial charge in [0.15, 0.2) is 12.5 Å². The Kier molecular flexibility index (Phi) is 16.0. The van der Waals surface area contributed by atoms with Crippen molar-refractivity contribution in [2.45, 2.75) is 33.3 Å². The number of hydrogen-bond donors (Lipinski definition) is 8. The zero-order valence-corrected chi connectivity index (χ0v) is 17.4. The van der Waals surface area contributed by atoms with Gasteiger partial charge in [0.25, 0.3) is 0 Å². The molecule has 0 radical (unpaired) electrons. The summed E-state index contributed by atoms with van der Waals surface area (Å²) in [7, 11) is 0. The lowest BCUT2D eigenvalue weighted by Gasteiger charge is -2.12. The maximum absolute atomic E-state index is 10.9. The third kappa shape index (κ3) is 15.8. The van der Waals surface area contributed by atoms with Gasteiger partial charge in [-0.3, -0.25) is 9.97 Å². The van der Waals surface area contributed by atoms with Crippen LogP contribution in [-0.2, 0) is 14.4 Å². The maximum Gasteiger partial charge on any atom is 0.336 e. The van der Waals surface area contributed by atoms with E-state index in [0.29, 0.717) is 0 Å². The second-order valence-corrected chi connectivity index (χ2v) is 5.64. The van der Waals surface area contributed by atoms with Crippen LogP contribution in [0.15, 0.2) is 50.8 Å². The molecule has 1 rings (SSSR count). The highest BCUT2D eigenvalue weighted by Crippen LogP contribution is 1.96. The maximum atomic E-state index is 10.9. The highest BCUT2D eigenvalue weighted by Gasteiger charge is 2.19. The number of rotatable bonds is 5. The molecule has 0 saturated heterocycles.